The maximum atomic E-state index is 6.43. The molecule has 1 unspecified atom stereocenters. The van der Waals surface area contributed by atoms with Crippen molar-refractivity contribution < 1.29 is 4.74 Å². The maximum Gasteiger partial charge on any atom is 0.120 e. The second kappa shape index (κ2) is 7.48. The van der Waals surface area contributed by atoms with E-state index in [2.05, 4.69) is 43.4 Å². The molecule has 0 saturated carbocycles. The topological polar surface area (TPSA) is 21.3 Å². The van der Waals surface area contributed by atoms with E-state index in [0.29, 0.717) is 0 Å². The fraction of sp³-hybridized carbons (Fsp3) is 0.333. The molecule has 0 aliphatic carbocycles. The minimum atomic E-state index is 0.0966. The van der Waals surface area contributed by atoms with Crippen molar-refractivity contribution in [3.05, 3.63) is 64.2 Å². The first-order chi connectivity index (χ1) is 10.2. The fourth-order valence-electron chi connectivity index (χ4n) is 2.43. The van der Waals surface area contributed by atoms with E-state index in [4.69, 9.17) is 16.3 Å². The summed E-state index contributed by atoms with van der Waals surface area (Å²) in [5.74, 6) is 0.778. The zero-order valence-electron chi connectivity index (χ0n) is 12.8. The summed E-state index contributed by atoms with van der Waals surface area (Å²) < 4.78 is 5.22. The van der Waals surface area contributed by atoms with Crippen LogP contribution in [0.3, 0.4) is 0 Å². The Labute approximate surface area is 132 Å². The van der Waals surface area contributed by atoms with Gasteiger partial charge in [-0.05, 0) is 41.8 Å². The lowest BCUT2D eigenvalue weighted by Crippen LogP contribution is -2.22. The standard InChI is InChI=1S/C18H22ClNO/c1-4-13-6-8-14(9-7-13)18(20-5-2)16-11-10-15(21-3)12-17(16)19/h6-12,18,20H,4-5H2,1-3H3. The van der Waals surface area contributed by atoms with Crippen molar-refractivity contribution in [2.45, 2.75) is 26.3 Å². The van der Waals surface area contributed by atoms with Crippen LogP contribution in [0.25, 0.3) is 0 Å². The molecule has 0 amide bonds. The quantitative estimate of drug-likeness (QED) is 0.841. The molecule has 21 heavy (non-hydrogen) atoms. The van der Waals surface area contributed by atoms with Crippen molar-refractivity contribution in [3.8, 4) is 5.75 Å². The molecule has 0 aliphatic rings. The number of ether oxygens (including phenoxy) is 1. The minimum Gasteiger partial charge on any atom is -0.497 e. The predicted molar refractivity (Wildman–Crippen MR) is 89.3 cm³/mol. The van der Waals surface area contributed by atoms with Crippen molar-refractivity contribution >= 4 is 11.6 Å². The van der Waals surface area contributed by atoms with Gasteiger partial charge in [0, 0.05) is 5.02 Å². The third-order valence-corrected chi connectivity index (χ3v) is 3.98. The molecule has 1 atom stereocenters. The van der Waals surface area contributed by atoms with Gasteiger partial charge in [0.25, 0.3) is 0 Å². The lowest BCUT2D eigenvalue weighted by Gasteiger charge is -2.21. The Morgan fingerprint density at radius 2 is 1.81 bits per heavy atom. The first kappa shape index (κ1) is 15.9. The minimum absolute atomic E-state index is 0.0966. The normalized spacial score (nSPS) is 12.2. The van der Waals surface area contributed by atoms with Gasteiger partial charge in [-0.3, -0.25) is 0 Å². The molecule has 3 heteroatoms. The van der Waals surface area contributed by atoms with E-state index < -0.39 is 0 Å². The fourth-order valence-corrected chi connectivity index (χ4v) is 2.71. The average Bonchev–Trinajstić information content (AvgIpc) is 2.53. The highest BCUT2D eigenvalue weighted by Gasteiger charge is 2.16. The monoisotopic (exact) mass is 303 g/mol. The number of hydrogen-bond acceptors (Lipinski definition) is 2. The number of benzene rings is 2. The van der Waals surface area contributed by atoms with Crippen molar-refractivity contribution in [2.75, 3.05) is 13.7 Å². The Morgan fingerprint density at radius 1 is 1.10 bits per heavy atom. The average molecular weight is 304 g/mol. The Balaban J connectivity index is 2.37. The molecular weight excluding hydrogens is 282 g/mol. The predicted octanol–water partition coefficient (Wildman–Crippen LogP) is 4.61. The van der Waals surface area contributed by atoms with Crippen molar-refractivity contribution in [3.63, 3.8) is 0 Å². The molecule has 2 aromatic rings. The Morgan fingerprint density at radius 3 is 2.33 bits per heavy atom. The first-order valence-corrected chi connectivity index (χ1v) is 7.73. The lowest BCUT2D eigenvalue weighted by molar-refractivity contribution is 0.414. The molecule has 0 saturated heterocycles. The molecule has 1 N–H and O–H groups in total. The maximum absolute atomic E-state index is 6.43. The highest BCUT2D eigenvalue weighted by atomic mass is 35.5. The smallest absolute Gasteiger partial charge is 0.120 e. The summed E-state index contributed by atoms with van der Waals surface area (Å²) in [6.45, 7) is 5.14. The highest BCUT2D eigenvalue weighted by molar-refractivity contribution is 6.31. The van der Waals surface area contributed by atoms with Crippen LogP contribution in [0.2, 0.25) is 5.02 Å². The van der Waals surface area contributed by atoms with E-state index in [0.717, 1.165) is 29.3 Å². The van der Waals surface area contributed by atoms with E-state index >= 15 is 0 Å². The second-order valence-electron chi connectivity index (χ2n) is 4.97. The van der Waals surface area contributed by atoms with Gasteiger partial charge in [-0.1, -0.05) is 55.8 Å². The Hall–Kier alpha value is -1.51. The van der Waals surface area contributed by atoms with Crippen LogP contribution in [0.4, 0.5) is 0 Å². The summed E-state index contributed by atoms with van der Waals surface area (Å²) in [5, 5.41) is 4.23. The van der Waals surface area contributed by atoms with Crippen molar-refractivity contribution in [2.24, 2.45) is 0 Å². The van der Waals surface area contributed by atoms with E-state index in [1.165, 1.54) is 11.1 Å². The molecule has 0 aliphatic heterocycles. The molecule has 0 radical (unpaired) electrons. The summed E-state index contributed by atoms with van der Waals surface area (Å²) in [7, 11) is 1.65. The number of methoxy groups -OCH3 is 1. The summed E-state index contributed by atoms with van der Waals surface area (Å²) in [5.41, 5.74) is 3.64. The zero-order valence-corrected chi connectivity index (χ0v) is 13.6. The number of aryl methyl sites for hydroxylation is 1. The molecule has 0 aromatic heterocycles. The van der Waals surface area contributed by atoms with Gasteiger partial charge in [-0.25, -0.2) is 0 Å². The number of halogens is 1. The number of nitrogens with one attached hydrogen (secondary N) is 1. The highest BCUT2D eigenvalue weighted by Crippen LogP contribution is 2.31. The van der Waals surface area contributed by atoms with Crippen molar-refractivity contribution in [1.82, 2.24) is 5.32 Å². The van der Waals surface area contributed by atoms with Gasteiger partial charge in [0.15, 0.2) is 0 Å². The third kappa shape index (κ3) is 3.78. The molecule has 0 spiro atoms. The van der Waals surface area contributed by atoms with Crippen LogP contribution >= 0.6 is 11.6 Å². The van der Waals surface area contributed by atoms with Gasteiger partial charge in [-0.2, -0.15) is 0 Å². The molecule has 2 nitrogen and oxygen atoms in total. The largest absolute Gasteiger partial charge is 0.497 e. The number of hydrogen-bond donors (Lipinski definition) is 1. The molecule has 2 rings (SSSR count). The first-order valence-electron chi connectivity index (χ1n) is 7.35. The molecule has 0 bridgehead atoms. The van der Waals surface area contributed by atoms with Crippen LogP contribution in [0, 0.1) is 0 Å². The van der Waals surface area contributed by atoms with Crippen LogP contribution < -0.4 is 10.1 Å². The van der Waals surface area contributed by atoms with E-state index in [9.17, 15) is 0 Å². The van der Waals surface area contributed by atoms with Crippen molar-refractivity contribution in [1.29, 1.82) is 0 Å². The Kier molecular flexibility index (Phi) is 5.66. The van der Waals surface area contributed by atoms with Crippen LogP contribution in [0.1, 0.15) is 36.6 Å². The lowest BCUT2D eigenvalue weighted by atomic mass is 9.97. The van der Waals surface area contributed by atoms with Gasteiger partial charge in [-0.15, -0.1) is 0 Å². The second-order valence-corrected chi connectivity index (χ2v) is 5.38. The van der Waals surface area contributed by atoms with Gasteiger partial charge in [0.1, 0.15) is 5.75 Å². The van der Waals surface area contributed by atoms with E-state index in [1.807, 2.05) is 18.2 Å². The van der Waals surface area contributed by atoms with E-state index in [-0.39, 0.29) is 6.04 Å². The van der Waals surface area contributed by atoms with Gasteiger partial charge < -0.3 is 10.1 Å². The van der Waals surface area contributed by atoms with Crippen LogP contribution in [0.5, 0.6) is 5.75 Å². The van der Waals surface area contributed by atoms with Gasteiger partial charge >= 0.3 is 0 Å². The van der Waals surface area contributed by atoms with Gasteiger partial charge in [0.2, 0.25) is 0 Å². The summed E-state index contributed by atoms with van der Waals surface area (Å²) in [6.07, 6.45) is 1.05. The van der Waals surface area contributed by atoms with Crippen LogP contribution in [-0.4, -0.2) is 13.7 Å². The van der Waals surface area contributed by atoms with Gasteiger partial charge in [0.05, 0.1) is 13.2 Å². The molecule has 0 heterocycles. The SMILES string of the molecule is CCNC(c1ccc(CC)cc1)c1ccc(OC)cc1Cl. The summed E-state index contributed by atoms with van der Waals surface area (Å²) >= 11 is 6.43. The summed E-state index contributed by atoms with van der Waals surface area (Å²) in [6, 6.07) is 14.6. The van der Waals surface area contributed by atoms with E-state index in [1.54, 1.807) is 7.11 Å². The summed E-state index contributed by atoms with van der Waals surface area (Å²) in [4.78, 5) is 0. The van der Waals surface area contributed by atoms with Crippen LogP contribution in [-0.2, 0) is 6.42 Å². The Bertz CT molecular complexity index is 580. The third-order valence-electron chi connectivity index (χ3n) is 3.65. The molecular formula is C18H22ClNO. The molecule has 2 aromatic carbocycles. The molecule has 112 valence electrons. The molecule has 0 fully saturated rings. The number of rotatable bonds is 6. The van der Waals surface area contributed by atoms with Crippen LogP contribution in [0.15, 0.2) is 42.5 Å². The zero-order chi connectivity index (χ0) is 15.2.